The third-order valence-corrected chi connectivity index (χ3v) is 7.46. The molecule has 1 aromatic rings. The van der Waals surface area contributed by atoms with E-state index in [2.05, 4.69) is 62.3 Å². The normalized spacial score (nSPS) is 11.7. The zero-order chi connectivity index (χ0) is 43.7. The second-order valence-electron chi connectivity index (χ2n) is 11.8. The van der Waals surface area contributed by atoms with Crippen molar-refractivity contribution in [3.05, 3.63) is 48.1 Å². The highest BCUT2D eigenvalue weighted by atomic mass is 19.4. The number of hydrogen-bond donors (Lipinski definition) is 3. The highest BCUT2D eigenvalue weighted by Crippen LogP contribution is 2.30. The summed E-state index contributed by atoms with van der Waals surface area (Å²) in [6, 6.07) is 10.5. The van der Waals surface area contributed by atoms with Crippen molar-refractivity contribution in [1.82, 2.24) is 5.32 Å². The minimum atomic E-state index is -4.84. The molecule has 0 radical (unpaired) electrons. The molecule has 6 nitrogen and oxygen atoms in total. The van der Waals surface area contributed by atoms with Gasteiger partial charge in [-0.15, -0.1) is 0 Å². The van der Waals surface area contributed by atoms with Crippen molar-refractivity contribution < 1.29 is 35.9 Å². The minimum absolute atomic E-state index is 0.0963. The Hall–Kier alpha value is -3.62. The monoisotopic (exact) mass is 795 g/mol. The third-order valence-electron chi connectivity index (χ3n) is 7.46. The number of nitrogens with two attached hydrogens (primary N) is 1. The number of unbranched alkanes of at least 4 members (excludes halogenated alkanes) is 3. The quantitative estimate of drug-likeness (QED) is 0.0306. The fourth-order valence-corrected chi connectivity index (χ4v) is 4.75. The van der Waals surface area contributed by atoms with Crippen LogP contribution in [0.5, 0.6) is 0 Å². The van der Waals surface area contributed by atoms with Crippen molar-refractivity contribution in [2.24, 2.45) is 17.6 Å². The number of carbonyl (C=O) groups excluding carboxylic acids is 2. The summed E-state index contributed by atoms with van der Waals surface area (Å²) >= 11 is 0. The second-order valence-corrected chi connectivity index (χ2v) is 11.8. The van der Waals surface area contributed by atoms with E-state index in [-0.39, 0.29) is 6.08 Å². The van der Waals surface area contributed by atoms with E-state index in [9.17, 15) is 35.9 Å². The van der Waals surface area contributed by atoms with E-state index in [4.69, 9.17) is 5.73 Å². The average molecular weight is 795 g/mol. The number of allylic oxidation sites excluding steroid dienone is 4. The number of nitrogens with one attached hydrogen (secondary N) is 2. The molecule has 0 heterocycles. The van der Waals surface area contributed by atoms with Gasteiger partial charge in [-0.2, -0.15) is 26.3 Å². The zero-order valence-electron chi connectivity index (χ0n) is 36.0. The van der Waals surface area contributed by atoms with Gasteiger partial charge < -0.3 is 21.3 Å². The van der Waals surface area contributed by atoms with Gasteiger partial charge >= 0.3 is 12.4 Å². The van der Waals surface area contributed by atoms with Gasteiger partial charge in [-0.1, -0.05) is 150 Å². The van der Waals surface area contributed by atoms with Crippen LogP contribution in [-0.4, -0.2) is 44.8 Å². The van der Waals surface area contributed by atoms with E-state index in [1.807, 2.05) is 65.8 Å². The van der Waals surface area contributed by atoms with E-state index in [0.29, 0.717) is 12.1 Å². The fraction of sp³-hybridized carbons (Fsp3) is 0.674. The van der Waals surface area contributed by atoms with E-state index in [1.165, 1.54) is 64.7 Å². The molecule has 0 saturated carbocycles. The lowest BCUT2D eigenvalue weighted by atomic mass is 9.99. The molecular formula is C43H76F6N4O2. The lowest BCUT2D eigenvalue weighted by molar-refractivity contribution is -0.126. The van der Waals surface area contributed by atoms with Crippen LogP contribution >= 0.6 is 0 Å². The van der Waals surface area contributed by atoms with Gasteiger partial charge in [0.1, 0.15) is 0 Å². The van der Waals surface area contributed by atoms with E-state index in [1.54, 1.807) is 0 Å². The summed E-state index contributed by atoms with van der Waals surface area (Å²) in [5, 5.41) is 5.47. The third kappa shape index (κ3) is 38.4. The number of alkyl halides is 6. The van der Waals surface area contributed by atoms with Crippen LogP contribution in [0, 0.1) is 23.8 Å². The first-order valence-corrected chi connectivity index (χ1v) is 20.0. The Morgan fingerprint density at radius 3 is 1.84 bits per heavy atom. The molecule has 2 amide bonds. The lowest BCUT2D eigenvalue weighted by Crippen LogP contribution is -2.32. The van der Waals surface area contributed by atoms with Gasteiger partial charge in [-0.25, -0.2) is 0 Å². The lowest BCUT2D eigenvalue weighted by Gasteiger charge is -2.31. The summed E-state index contributed by atoms with van der Waals surface area (Å²) < 4.78 is 72.7. The molecule has 1 aromatic carbocycles. The topological polar surface area (TPSA) is 87.5 Å². The predicted octanol–water partition coefficient (Wildman–Crippen LogP) is 13.0. The molecular weight excluding hydrogens is 718 g/mol. The molecule has 0 spiro atoms. The van der Waals surface area contributed by atoms with Crippen molar-refractivity contribution >= 4 is 24.2 Å². The van der Waals surface area contributed by atoms with Gasteiger partial charge in [-0.3, -0.25) is 9.59 Å². The molecule has 0 aromatic heterocycles. The summed E-state index contributed by atoms with van der Waals surface area (Å²) in [5.74, 6) is 2.53. The smallest absolute Gasteiger partial charge is 0.370 e. The number of nitrogens with zero attached hydrogens (tertiary/aromatic N) is 1. The van der Waals surface area contributed by atoms with Gasteiger partial charge in [0.2, 0.25) is 12.8 Å². The van der Waals surface area contributed by atoms with Gasteiger partial charge in [0.05, 0.1) is 23.4 Å². The molecule has 0 bridgehead atoms. The van der Waals surface area contributed by atoms with Crippen LogP contribution in [0.2, 0.25) is 0 Å². The second kappa shape index (κ2) is 41.5. The van der Waals surface area contributed by atoms with Crippen molar-refractivity contribution in [1.29, 1.82) is 0 Å². The molecule has 0 aliphatic carbocycles. The van der Waals surface area contributed by atoms with Crippen molar-refractivity contribution in [2.45, 2.75) is 165 Å². The number of hydrogen-bond acceptors (Lipinski definition) is 4. The van der Waals surface area contributed by atoms with Crippen LogP contribution in [0.25, 0.3) is 0 Å². The largest absolute Gasteiger partial charge is 0.416 e. The maximum atomic E-state index is 12.4. The molecule has 55 heavy (non-hydrogen) atoms. The summed E-state index contributed by atoms with van der Waals surface area (Å²) in [6.07, 6.45) is 4.59. The van der Waals surface area contributed by atoms with Gasteiger partial charge in [0.25, 0.3) is 0 Å². The van der Waals surface area contributed by atoms with Crippen molar-refractivity contribution in [3.63, 3.8) is 0 Å². The Balaban J connectivity index is -0.000000215. The maximum Gasteiger partial charge on any atom is 0.416 e. The molecule has 0 aliphatic rings. The van der Waals surface area contributed by atoms with Crippen LogP contribution in [-0.2, 0) is 9.59 Å². The Bertz CT molecular complexity index is 1120. The van der Waals surface area contributed by atoms with E-state index >= 15 is 0 Å². The Morgan fingerprint density at radius 2 is 1.38 bits per heavy atom. The molecule has 0 aliphatic heterocycles. The fourth-order valence-electron chi connectivity index (χ4n) is 4.75. The molecule has 2 unspecified atom stereocenters. The van der Waals surface area contributed by atoms with Crippen molar-refractivity contribution in [3.8, 4) is 12.0 Å². The number of para-hydroxylation sites is 2. The number of carbonyl (C=O) groups is 2. The SMILES string of the molecule is CC.CC.CC.CC(C#CN)C=C/C(=C\CC(F)(F)F)C(F)(F)F.CCCC(CCC)N(C)c1ccccc1NC=O.CCCCCCC(C)CCNC=O. The Morgan fingerprint density at radius 1 is 0.818 bits per heavy atom. The number of benzene rings is 1. The van der Waals surface area contributed by atoms with Gasteiger partial charge in [0.15, 0.2) is 0 Å². The van der Waals surface area contributed by atoms with Gasteiger partial charge in [-0.05, 0) is 44.2 Å². The summed E-state index contributed by atoms with van der Waals surface area (Å²) in [7, 11) is 2.11. The van der Waals surface area contributed by atoms with Gasteiger partial charge in [0, 0.05) is 31.6 Å². The number of rotatable bonds is 20. The summed E-state index contributed by atoms with van der Waals surface area (Å²) in [6.45, 7) is 23.2. The zero-order valence-corrected chi connectivity index (χ0v) is 36.0. The summed E-state index contributed by atoms with van der Waals surface area (Å²) in [5.41, 5.74) is 5.48. The van der Waals surface area contributed by atoms with Crippen LogP contribution in [0.4, 0.5) is 37.7 Å². The molecule has 2 atom stereocenters. The van der Waals surface area contributed by atoms with Crippen LogP contribution in [0.3, 0.4) is 0 Å². The van der Waals surface area contributed by atoms with E-state index in [0.717, 1.165) is 49.2 Å². The molecule has 12 heteroatoms. The summed E-state index contributed by atoms with van der Waals surface area (Å²) in [4.78, 5) is 22.9. The van der Waals surface area contributed by atoms with Crippen LogP contribution in [0.1, 0.15) is 147 Å². The van der Waals surface area contributed by atoms with E-state index < -0.39 is 30.3 Å². The number of amides is 2. The minimum Gasteiger partial charge on any atom is -0.370 e. The first-order chi connectivity index (χ1) is 26.1. The number of halogens is 6. The first-order valence-electron chi connectivity index (χ1n) is 20.0. The standard InChI is InChI=1S/C15H24N2O.C11H11F6N.C11H23NO.3C2H6/c1-4-8-13(9-5-2)17(3)15-11-7-6-10-14(15)16-12-18;1-8(5-7-18)2-3-9(11(15,16)17)4-6-10(12,13)14;1-3-4-5-6-7-11(2)8-9-12-10-13;3*1-2/h6-7,10-13H,4-5,8-9H2,1-3H3,(H,16,18);2-4,8H,6,18H2,1H3;10-11H,3-9H2,1-2H3,(H,12,13);3*1-2H3/b;3-2?,9-4+;;;;. The van der Waals surface area contributed by atoms with Crippen LogP contribution in [0.15, 0.2) is 48.1 Å². The molecule has 1 rings (SSSR count). The average Bonchev–Trinajstić information content (AvgIpc) is 3.15. The highest BCUT2D eigenvalue weighted by molar-refractivity contribution is 5.81. The number of anilines is 2. The first kappa shape index (κ1) is 60.6. The molecule has 4 N–H and O–H groups in total. The predicted molar refractivity (Wildman–Crippen MR) is 224 cm³/mol. The highest BCUT2D eigenvalue weighted by Gasteiger charge is 2.34. The molecule has 0 saturated heterocycles. The molecule has 322 valence electrons. The Kier molecular flexibility index (Phi) is 45.8. The maximum absolute atomic E-state index is 12.4. The van der Waals surface area contributed by atoms with Crippen LogP contribution < -0.4 is 21.3 Å². The Labute approximate surface area is 331 Å². The van der Waals surface area contributed by atoms with Crippen molar-refractivity contribution in [2.75, 3.05) is 23.8 Å². The molecule has 0 fully saturated rings.